The Balaban J connectivity index is 1.82. The van der Waals surface area contributed by atoms with Gasteiger partial charge in [-0.1, -0.05) is 6.92 Å². The van der Waals surface area contributed by atoms with Crippen LogP contribution in [-0.2, 0) is 9.59 Å². The van der Waals surface area contributed by atoms with Crippen LogP contribution in [-0.4, -0.2) is 53.8 Å². The Hall–Kier alpha value is -0.680. The van der Waals surface area contributed by atoms with Gasteiger partial charge < -0.3 is 5.32 Å². The molecule has 1 aliphatic heterocycles. The largest absolute Gasteiger partial charge is 0.354 e. The number of hydrogen-bond donors (Lipinski definition) is 1. The Labute approximate surface area is 130 Å². The summed E-state index contributed by atoms with van der Waals surface area (Å²) in [5.41, 5.74) is 0. The van der Waals surface area contributed by atoms with Gasteiger partial charge in [-0.2, -0.15) is 0 Å². The van der Waals surface area contributed by atoms with E-state index in [1.807, 2.05) is 11.8 Å². The summed E-state index contributed by atoms with van der Waals surface area (Å²) in [6, 6.07) is -0.223. The van der Waals surface area contributed by atoms with Crippen molar-refractivity contribution in [1.82, 2.24) is 10.2 Å². The first-order valence-electron chi connectivity index (χ1n) is 7.82. The number of likely N-dealkylation sites (N-methyl/N-ethyl adjacent to an activating group) is 1. The van der Waals surface area contributed by atoms with Crippen LogP contribution in [0.4, 0.5) is 4.39 Å². The van der Waals surface area contributed by atoms with Crippen molar-refractivity contribution in [2.45, 2.75) is 56.6 Å². The lowest BCUT2D eigenvalue weighted by Crippen LogP contribution is -2.52. The lowest BCUT2D eigenvalue weighted by atomic mass is 9.87. The lowest BCUT2D eigenvalue weighted by Gasteiger charge is -2.34. The molecule has 120 valence electrons. The van der Waals surface area contributed by atoms with Crippen molar-refractivity contribution >= 4 is 23.3 Å². The predicted octanol–water partition coefficient (Wildman–Crippen LogP) is 1.90. The summed E-state index contributed by atoms with van der Waals surface area (Å²) in [5.74, 6) is 0.307. The zero-order valence-corrected chi connectivity index (χ0v) is 13.2. The van der Waals surface area contributed by atoms with Gasteiger partial charge >= 0.3 is 0 Å². The number of likely N-dealkylation sites (tertiary alicyclic amines) is 1. The molecule has 1 amide bonds. The summed E-state index contributed by atoms with van der Waals surface area (Å²) in [6.45, 7) is 3.51. The SMILES string of the molecule is CCN1CC(=O)CCC1C(=O)NC[C@@H]1CCC(F)C[C@@H]1Cl. The Morgan fingerprint density at radius 1 is 1.43 bits per heavy atom. The summed E-state index contributed by atoms with van der Waals surface area (Å²) < 4.78 is 13.2. The summed E-state index contributed by atoms with van der Waals surface area (Å²) >= 11 is 6.18. The van der Waals surface area contributed by atoms with Crippen LogP contribution in [0.1, 0.15) is 39.0 Å². The highest BCUT2D eigenvalue weighted by molar-refractivity contribution is 6.20. The molecule has 4 nitrogen and oxygen atoms in total. The number of nitrogens with zero attached hydrogens (tertiary/aromatic N) is 1. The third-order valence-electron chi connectivity index (χ3n) is 4.61. The smallest absolute Gasteiger partial charge is 0.237 e. The fourth-order valence-electron chi connectivity index (χ4n) is 3.23. The second-order valence-electron chi connectivity index (χ2n) is 6.09. The third kappa shape index (κ3) is 4.39. The van der Waals surface area contributed by atoms with Gasteiger partial charge in [0.2, 0.25) is 5.91 Å². The van der Waals surface area contributed by atoms with Crippen LogP contribution >= 0.6 is 11.6 Å². The summed E-state index contributed by atoms with van der Waals surface area (Å²) in [7, 11) is 0. The predicted molar refractivity (Wildman–Crippen MR) is 80.2 cm³/mol. The Kier molecular flexibility index (Phi) is 5.99. The zero-order valence-electron chi connectivity index (χ0n) is 12.5. The molecule has 2 unspecified atom stereocenters. The van der Waals surface area contributed by atoms with Crippen LogP contribution in [0.2, 0.25) is 0 Å². The Morgan fingerprint density at radius 3 is 2.86 bits per heavy atom. The molecule has 0 aromatic rings. The number of alkyl halides is 2. The fourth-order valence-corrected chi connectivity index (χ4v) is 3.64. The molecule has 1 saturated carbocycles. The van der Waals surface area contributed by atoms with Gasteiger partial charge in [0.15, 0.2) is 0 Å². The molecule has 2 fully saturated rings. The minimum absolute atomic E-state index is 0.0319. The number of hydrogen-bond acceptors (Lipinski definition) is 3. The number of halogens is 2. The van der Waals surface area contributed by atoms with Crippen molar-refractivity contribution in [3.8, 4) is 0 Å². The van der Waals surface area contributed by atoms with Crippen molar-refractivity contribution in [1.29, 1.82) is 0 Å². The number of nitrogens with one attached hydrogen (secondary N) is 1. The molecule has 1 saturated heterocycles. The first-order chi connectivity index (χ1) is 10.0. The number of piperidine rings is 1. The highest BCUT2D eigenvalue weighted by Gasteiger charge is 2.33. The fraction of sp³-hybridized carbons (Fsp3) is 0.867. The minimum atomic E-state index is -0.806. The minimum Gasteiger partial charge on any atom is -0.354 e. The van der Waals surface area contributed by atoms with Crippen LogP contribution < -0.4 is 5.32 Å². The number of carbonyl (C=O) groups is 2. The second kappa shape index (κ2) is 7.54. The number of ketones is 1. The van der Waals surface area contributed by atoms with E-state index in [0.717, 1.165) is 6.42 Å². The molecule has 0 aromatic heterocycles. The van der Waals surface area contributed by atoms with Gasteiger partial charge in [0, 0.05) is 18.3 Å². The van der Waals surface area contributed by atoms with E-state index in [4.69, 9.17) is 11.6 Å². The van der Waals surface area contributed by atoms with Crippen molar-refractivity contribution in [3.63, 3.8) is 0 Å². The topological polar surface area (TPSA) is 49.4 Å². The Bertz CT molecular complexity index is 394. The van der Waals surface area contributed by atoms with E-state index in [2.05, 4.69) is 5.32 Å². The lowest BCUT2D eigenvalue weighted by molar-refractivity contribution is -0.132. The molecule has 1 aliphatic carbocycles. The van der Waals surface area contributed by atoms with Crippen molar-refractivity contribution in [3.05, 3.63) is 0 Å². The molecule has 0 spiro atoms. The van der Waals surface area contributed by atoms with E-state index in [9.17, 15) is 14.0 Å². The molecule has 0 bridgehead atoms. The first-order valence-corrected chi connectivity index (χ1v) is 8.26. The van der Waals surface area contributed by atoms with E-state index in [1.165, 1.54) is 0 Å². The second-order valence-corrected chi connectivity index (χ2v) is 6.65. The molecular formula is C15H24ClFN2O2. The summed E-state index contributed by atoms with van der Waals surface area (Å²) in [5, 5.41) is 2.74. The maximum Gasteiger partial charge on any atom is 0.237 e. The van der Waals surface area contributed by atoms with Gasteiger partial charge in [0.25, 0.3) is 0 Å². The maximum atomic E-state index is 13.2. The first kappa shape index (κ1) is 16.7. The molecule has 0 radical (unpaired) electrons. The van der Waals surface area contributed by atoms with Gasteiger partial charge in [-0.15, -0.1) is 11.6 Å². The van der Waals surface area contributed by atoms with E-state index in [0.29, 0.717) is 45.3 Å². The molecular weight excluding hydrogens is 295 g/mol. The molecule has 1 N–H and O–H groups in total. The number of amides is 1. The van der Waals surface area contributed by atoms with E-state index in [-0.39, 0.29) is 29.0 Å². The third-order valence-corrected chi connectivity index (χ3v) is 5.14. The number of carbonyl (C=O) groups excluding carboxylic acids is 2. The molecule has 4 atom stereocenters. The van der Waals surface area contributed by atoms with Crippen LogP contribution in [0.25, 0.3) is 0 Å². The molecule has 6 heteroatoms. The van der Waals surface area contributed by atoms with Gasteiger partial charge in [0.05, 0.1) is 12.6 Å². The molecule has 21 heavy (non-hydrogen) atoms. The van der Waals surface area contributed by atoms with Crippen LogP contribution in [0, 0.1) is 5.92 Å². The van der Waals surface area contributed by atoms with Gasteiger partial charge in [-0.05, 0) is 38.1 Å². The summed E-state index contributed by atoms with van der Waals surface area (Å²) in [4.78, 5) is 25.7. The average molecular weight is 319 g/mol. The van der Waals surface area contributed by atoms with E-state index >= 15 is 0 Å². The molecule has 2 rings (SSSR count). The quantitative estimate of drug-likeness (QED) is 0.806. The zero-order chi connectivity index (χ0) is 15.4. The van der Waals surface area contributed by atoms with E-state index in [1.54, 1.807) is 0 Å². The van der Waals surface area contributed by atoms with Crippen LogP contribution in [0.5, 0.6) is 0 Å². The molecule has 0 aromatic carbocycles. The summed E-state index contributed by atoms with van der Waals surface area (Å²) in [6.07, 6.45) is 1.87. The number of rotatable bonds is 4. The standard InChI is InChI=1S/C15H24ClFN2O2/c1-2-19-9-12(20)5-6-14(19)15(21)18-8-10-3-4-11(17)7-13(10)16/h10-11,13-14H,2-9H2,1H3,(H,18,21)/t10-,11?,13-,14?/m0/s1. The molecule has 2 aliphatic rings. The van der Waals surface area contributed by atoms with Crippen molar-refractivity contribution in [2.75, 3.05) is 19.6 Å². The average Bonchev–Trinajstić information content (AvgIpc) is 2.45. The highest BCUT2D eigenvalue weighted by atomic mass is 35.5. The maximum absolute atomic E-state index is 13.2. The van der Waals surface area contributed by atoms with Gasteiger partial charge in [-0.25, -0.2) is 4.39 Å². The Morgan fingerprint density at radius 2 is 2.19 bits per heavy atom. The normalized spacial score (nSPS) is 34.7. The van der Waals surface area contributed by atoms with E-state index < -0.39 is 6.17 Å². The number of Topliss-reactive ketones (excluding diaryl/α,β-unsaturated/α-hetero) is 1. The monoisotopic (exact) mass is 318 g/mol. The highest BCUT2D eigenvalue weighted by Crippen LogP contribution is 2.30. The van der Waals surface area contributed by atoms with Crippen LogP contribution in [0.3, 0.4) is 0 Å². The van der Waals surface area contributed by atoms with Crippen molar-refractivity contribution < 1.29 is 14.0 Å². The van der Waals surface area contributed by atoms with Crippen LogP contribution in [0.15, 0.2) is 0 Å². The van der Waals surface area contributed by atoms with Gasteiger partial charge in [0.1, 0.15) is 12.0 Å². The molecule has 1 heterocycles. The van der Waals surface area contributed by atoms with Crippen molar-refractivity contribution in [2.24, 2.45) is 5.92 Å². The van der Waals surface area contributed by atoms with Gasteiger partial charge in [-0.3, -0.25) is 14.5 Å².